The molecule has 5 nitrogen and oxygen atoms in total. The predicted octanol–water partition coefficient (Wildman–Crippen LogP) is 2.11. The number of benzene rings is 1. The van der Waals surface area contributed by atoms with E-state index in [1.54, 1.807) is 6.07 Å². The molecule has 118 valence electrons. The number of ether oxygens (including phenoxy) is 2. The Hall–Kier alpha value is -0.820. The molecule has 0 radical (unpaired) electrons. The molecule has 0 bridgehead atoms. The number of hydrogen-bond donors (Lipinski definition) is 1. The molecule has 0 amide bonds. The smallest absolute Gasteiger partial charge is 0.209 e. The lowest BCUT2D eigenvalue weighted by Gasteiger charge is -2.36. The van der Waals surface area contributed by atoms with E-state index in [2.05, 4.69) is 0 Å². The van der Waals surface area contributed by atoms with E-state index in [0.717, 1.165) is 5.56 Å². The van der Waals surface area contributed by atoms with Gasteiger partial charge in [0.2, 0.25) is 10.0 Å². The molecule has 0 unspecified atom stereocenters. The summed E-state index contributed by atoms with van der Waals surface area (Å²) in [5.74, 6) is 0.454. The predicted molar refractivity (Wildman–Crippen MR) is 82.1 cm³/mol. The fourth-order valence-electron chi connectivity index (χ4n) is 2.52. The highest BCUT2D eigenvalue weighted by Crippen LogP contribution is 2.34. The van der Waals surface area contributed by atoms with Crippen LogP contribution in [0.4, 0.5) is 0 Å². The molecule has 1 aromatic rings. The van der Waals surface area contributed by atoms with Crippen LogP contribution in [0.5, 0.6) is 5.75 Å². The zero-order chi connectivity index (χ0) is 15.5. The minimum atomic E-state index is -3.57. The van der Waals surface area contributed by atoms with Gasteiger partial charge in [0, 0.05) is 18.6 Å². The van der Waals surface area contributed by atoms with Crippen LogP contribution in [0.25, 0.3) is 0 Å². The van der Waals surface area contributed by atoms with Gasteiger partial charge in [-0.15, -0.1) is 0 Å². The Morgan fingerprint density at radius 2 is 2.05 bits per heavy atom. The molecular weight excluding hydrogens is 314 g/mol. The van der Waals surface area contributed by atoms with Crippen molar-refractivity contribution in [1.82, 2.24) is 0 Å². The van der Waals surface area contributed by atoms with Crippen LogP contribution in [0.1, 0.15) is 18.4 Å². The number of nitrogens with two attached hydrogens (primary N) is 1. The fourth-order valence-corrected chi connectivity index (χ4v) is 4.03. The largest absolute Gasteiger partial charge is 0.491 e. The standard InChI is InChI=1S/C14H20ClNO4S/c1-11-2-3-13(12(15)8-11)20-9-14(10-21(16,17)18)4-6-19-7-5-14/h2-3,8H,4-7,9-10H2,1H3,(H2,16,17,18). The number of rotatable bonds is 5. The molecule has 0 aliphatic carbocycles. The Labute approximate surface area is 130 Å². The molecule has 1 saturated heterocycles. The summed E-state index contributed by atoms with van der Waals surface area (Å²) in [5.41, 5.74) is 0.526. The molecule has 1 aliphatic heterocycles. The van der Waals surface area contributed by atoms with Crippen LogP contribution in [0.3, 0.4) is 0 Å². The van der Waals surface area contributed by atoms with Gasteiger partial charge in [-0.05, 0) is 37.5 Å². The van der Waals surface area contributed by atoms with E-state index in [1.165, 1.54) is 0 Å². The van der Waals surface area contributed by atoms with Crippen molar-refractivity contribution < 1.29 is 17.9 Å². The molecule has 1 aliphatic rings. The number of halogens is 1. The van der Waals surface area contributed by atoms with Crippen LogP contribution >= 0.6 is 11.6 Å². The SMILES string of the molecule is Cc1ccc(OCC2(CS(N)(=O)=O)CCOCC2)c(Cl)c1. The molecule has 1 aromatic carbocycles. The summed E-state index contributed by atoms with van der Waals surface area (Å²) in [7, 11) is -3.57. The van der Waals surface area contributed by atoms with Gasteiger partial charge in [0.15, 0.2) is 0 Å². The summed E-state index contributed by atoms with van der Waals surface area (Å²) >= 11 is 6.13. The first-order chi connectivity index (χ1) is 9.80. The van der Waals surface area contributed by atoms with E-state index < -0.39 is 15.4 Å². The molecule has 21 heavy (non-hydrogen) atoms. The van der Waals surface area contributed by atoms with Crippen molar-refractivity contribution in [2.75, 3.05) is 25.6 Å². The van der Waals surface area contributed by atoms with E-state index in [1.807, 2.05) is 19.1 Å². The molecule has 0 saturated carbocycles. The van der Waals surface area contributed by atoms with Crippen molar-refractivity contribution in [3.63, 3.8) is 0 Å². The third-order valence-corrected chi connectivity index (χ3v) is 4.99. The van der Waals surface area contributed by atoms with E-state index in [9.17, 15) is 8.42 Å². The van der Waals surface area contributed by atoms with Crippen LogP contribution in [0.15, 0.2) is 18.2 Å². The first kappa shape index (κ1) is 16.5. The molecule has 7 heteroatoms. The van der Waals surface area contributed by atoms with Crippen LogP contribution in [-0.2, 0) is 14.8 Å². The minimum Gasteiger partial charge on any atom is -0.491 e. The Bertz CT molecular complexity index is 597. The minimum absolute atomic E-state index is 0.104. The number of aryl methyl sites for hydroxylation is 1. The second-order valence-electron chi connectivity index (χ2n) is 5.64. The van der Waals surface area contributed by atoms with Crippen LogP contribution in [0.2, 0.25) is 5.02 Å². The Morgan fingerprint density at radius 3 is 2.62 bits per heavy atom. The molecule has 0 aromatic heterocycles. The van der Waals surface area contributed by atoms with Gasteiger partial charge in [0.1, 0.15) is 5.75 Å². The average molecular weight is 334 g/mol. The van der Waals surface area contributed by atoms with Crippen LogP contribution in [0, 0.1) is 12.3 Å². The first-order valence-corrected chi connectivity index (χ1v) is 8.86. The summed E-state index contributed by atoms with van der Waals surface area (Å²) in [6.45, 7) is 3.23. The van der Waals surface area contributed by atoms with Gasteiger partial charge in [0.25, 0.3) is 0 Å². The number of hydrogen-bond acceptors (Lipinski definition) is 4. The molecule has 2 N–H and O–H groups in total. The fraction of sp³-hybridized carbons (Fsp3) is 0.571. The van der Waals surface area contributed by atoms with Gasteiger partial charge in [-0.3, -0.25) is 0 Å². The first-order valence-electron chi connectivity index (χ1n) is 6.77. The maximum atomic E-state index is 11.5. The Balaban J connectivity index is 2.12. The van der Waals surface area contributed by atoms with Crippen molar-refractivity contribution in [2.45, 2.75) is 19.8 Å². The Morgan fingerprint density at radius 1 is 1.38 bits per heavy atom. The third-order valence-electron chi connectivity index (χ3n) is 3.68. The summed E-state index contributed by atoms with van der Waals surface area (Å²) in [6.07, 6.45) is 1.21. The normalized spacial score (nSPS) is 18.4. The van der Waals surface area contributed by atoms with Gasteiger partial charge in [-0.25, -0.2) is 13.6 Å². The maximum Gasteiger partial charge on any atom is 0.209 e. The van der Waals surface area contributed by atoms with E-state index >= 15 is 0 Å². The molecular formula is C14H20ClNO4S. The lowest BCUT2D eigenvalue weighted by molar-refractivity contribution is 0.00211. The van der Waals surface area contributed by atoms with E-state index in [-0.39, 0.29) is 12.4 Å². The van der Waals surface area contributed by atoms with Crippen LogP contribution < -0.4 is 9.88 Å². The summed E-state index contributed by atoms with van der Waals surface area (Å²) in [4.78, 5) is 0. The summed E-state index contributed by atoms with van der Waals surface area (Å²) in [6, 6.07) is 5.51. The third kappa shape index (κ3) is 4.85. The number of sulfonamides is 1. The second-order valence-corrected chi connectivity index (χ2v) is 7.66. The van der Waals surface area contributed by atoms with E-state index in [4.69, 9.17) is 26.2 Å². The highest BCUT2D eigenvalue weighted by Gasteiger charge is 2.37. The molecule has 0 atom stereocenters. The molecule has 2 rings (SSSR count). The van der Waals surface area contributed by atoms with Gasteiger partial charge in [-0.2, -0.15) is 0 Å². The zero-order valence-electron chi connectivity index (χ0n) is 12.0. The Kier molecular flexibility index (Phi) is 5.14. The highest BCUT2D eigenvalue weighted by molar-refractivity contribution is 7.89. The quantitative estimate of drug-likeness (QED) is 0.895. The second kappa shape index (κ2) is 6.52. The topological polar surface area (TPSA) is 78.6 Å². The summed E-state index contributed by atoms with van der Waals surface area (Å²) in [5, 5.41) is 5.74. The van der Waals surface area contributed by atoms with Gasteiger partial charge in [0.05, 0.1) is 17.4 Å². The maximum absolute atomic E-state index is 11.5. The van der Waals surface area contributed by atoms with Crippen LogP contribution in [-0.4, -0.2) is 34.0 Å². The molecule has 1 fully saturated rings. The van der Waals surface area contributed by atoms with Crippen molar-refractivity contribution in [2.24, 2.45) is 10.6 Å². The summed E-state index contributed by atoms with van der Waals surface area (Å²) < 4.78 is 34.1. The highest BCUT2D eigenvalue weighted by atomic mass is 35.5. The monoisotopic (exact) mass is 333 g/mol. The zero-order valence-corrected chi connectivity index (χ0v) is 13.5. The molecule has 0 spiro atoms. The van der Waals surface area contributed by atoms with Gasteiger partial charge in [-0.1, -0.05) is 17.7 Å². The van der Waals surface area contributed by atoms with Crippen molar-refractivity contribution in [3.05, 3.63) is 28.8 Å². The molecule has 1 heterocycles. The van der Waals surface area contributed by atoms with Crippen molar-refractivity contribution in [1.29, 1.82) is 0 Å². The van der Waals surface area contributed by atoms with Gasteiger partial charge >= 0.3 is 0 Å². The lowest BCUT2D eigenvalue weighted by Crippen LogP contribution is -2.42. The average Bonchev–Trinajstić information content (AvgIpc) is 2.37. The van der Waals surface area contributed by atoms with Crippen molar-refractivity contribution >= 4 is 21.6 Å². The van der Waals surface area contributed by atoms with Crippen molar-refractivity contribution in [3.8, 4) is 5.75 Å². The number of primary sulfonamides is 1. The lowest BCUT2D eigenvalue weighted by atomic mass is 9.83. The van der Waals surface area contributed by atoms with Gasteiger partial charge < -0.3 is 9.47 Å². The van der Waals surface area contributed by atoms with E-state index in [0.29, 0.717) is 36.8 Å².